The number of benzene rings is 2. The summed E-state index contributed by atoms with van der Waals surface area (Å²) < 4.78 is 13.1. The number of aryl methyl sites for hydroxylation is 2. The van der Waals surface area contributed by atoms with Gasteiger partial charge in [-0.3, -0.25) is 0 Å². The van der Waals surface area contributed by atoms with Crippen LogP contribution in [-0.2, 0) is 6.54 Å². The van der Waals surface area contributed by atoms with E-state index in [9.17, 15) is 0 Å². The lowest BCUT2D eigenvalue weighted by molar-refractivity contribution is 0.174. The SMILES string of the molecule is Cc1ccc(N=c2scc(C)n2Cc2ccc3c(c2)OCO3)cc1. The topological polar surface area (TPSA) is 35.8 Å². The second kappa shape index (κ2) is 6.17. The minimum atomic E-state index is 0.303. The predicted molar refractivity (Wildman–Crippen MR) is 95.1 cm³/mol. The number of ether oxygens (including phenoxy) is 2. The summed E-state index contributed by atoms with van der Waals surface area (Å²) >= 11 is 1.66. The monoisotopic (exact) mass is 338 g/mol. The fourth-order valence-corrected chi connectivity index (χ4v) is 3.54. The van der Waals surface area contributed by atoms with E-state index in [1.807, 2.05) is 12.1 Å². The normalized spacial score (nSPS) is 13.5. The number of thiazole rings is 1. The smallest absolute Gasteiger partial charge is 0.231 e. The van der Waals surface area contributed by atoms with Crippen molar-refractivity contribution < 1.29 is 9.47 Å². The van der Waals surface area contributed by atoms with E-state index in [4.69, 9.17) is 14.5 Å². The molecule has 3 aromatic rings. The highest BCUT2D eigenvalue weighted by Gasteiger charge is 2.13. The third-order valence-electron chi connectivity index (χ3n) is 4.03. The molecule has 24 heavy (non-hydrogen) atoms. The quantitative estimate of drug-likeness (QED) is 0.718. The van der Waals surface area contributed by atoms with Gasteiger partial charge in [-0.2, -0.15) is 0 Å². The molecule has 0 unspecified atom stereocenters. The lowest BCUT2D eigenvalue weighted by atomic mass is 10.2. The Morgan fingerprint density at radius 1 is 1.04 bits per heavy atom. The van der Waals surface area contributed by atoms with Crippen molar-refractivity contribution in [3.8, 4) is 11.5 Å². The molecular formula is C19H18N2O2S. The van der Waals surface area contributed by atoms with Crippen LogP contribution in [0.15, 0.2) is 52.8 Å². The molecule has 0 aliphatic carbocycles. The lowest BCUT2D eigenvalue weighted by Gasteiger charge is -2.07. The van der Waals surface area contributed by atoms with Gasteiger partial charge in [0, 0.05) is 11.1 Å². The number of hydrogen-bond acceptors (Lipinski definition) is 4. The molecule has 4 nitrogen and oxygen atoms in total. The fourth-order valence-electron chi connectivity index (χ4n) is 2.65. The van der Waals surface area contributed by atoms with Crippen LogP contribution < -0.4 is 14.3 Å². The Morgan fingerprint density at radius 2 is 1.83 bits per heavy atom. The minimum Gasteiger partial charge on any atom is -0.454 e. The lowest BCUT2D eigenvalue weighted by Crippen LogP contribution is -2.16. The average molecular weight is 338 g/mol. The standard InChI is InChI=1S/C19H18N2O2S/c1-13-3-6-16(7-4-13)20-19-21(14(2)11-24-19)10-15-5-8-17-18(9-15)23-12-22-17/h3-9,11H,10,12H2,1-2H3. The second-order valence-electron chi connectivity index (χ2n) is 5.88. The number of rotatable bonds is 3. The summed E-state index contributed by atoms with van der Waals surface area (Å²) in [6.45, 7) is 5.25. The van der Waals surface area contributed by atoms with Crippen LogP contribution in [0.4, 0.5) is 5.69 Å². The molecule has 4 rings (SSSR count). The Hall–Kier alpha value is -2.53. The molecule has 0 N–H and O–H groups in total. The van der Waals surface area contributed by atoms with Crippen molar-refractivity contribution >= 4 is 17.0 Å². The molecule has 0 spiro atoms. The molecule has 0 amide bonds. The van der Waals surface area contributed by atoms with E-state index in [0.29, 0.717) is 6.79 Å². The van der Waals surface area contributed by atoms with Gasteiger partial charge in [-0.05, 0) is 43.7 Å². The zero-order chi connectivity index (χ0) is 16.5. The van der Waals surface area contributed by atoms with E-state index in [2.05, 4.69) is 54.1 Å². The summed E-state index contributed by atoms with van der Waals surface area (Å²) in [5, 5.41) is 2.14. The Labute approximate surface area is 144 Å². The Balaban J connectivity index is 1.68. The molecule has 1 aliphatic rings. The van der Waals surface area contributed by atoms with Crippen LogP contribution in [0.25, 0.3) is 0 Å². The zero-order valence-corrected chi connectivity index (χ0v) is 14.5. The van der Waals surface area contributed by atoms with Crippen LogP contribution in [0.5, 0.6) is 11.5 Å². The molecule has 0 radical (unpaired) electrons. The van der Waals surface area contributed by atoms with Gasteiger partial charge in [0.05, 0.1) is 12.2 Å². The van der Waals surface area contributed by atoms with E-state index >= 15 is 0 Å². The second-order valence-corrected chi connectivity index (χ2v) is 6.72. The number of nitrogens with zero attached hydrogens (tertiary/aromatic N) is 2. The van der Waals surface area contributed by atoms with Gasteiger partial charge in [0.2, 0.25) is 6.79 Å². The Kier molecular flexibility index (Phi) is 3.86. The molecule has 1 aliphatic heterocycles. The summed E-state index contributed by atoms with van der Waals surface area (Å²) in [7, 11) is 0. The van der Waals surface area contributed by atoms with Gasteiger partial charge < -0.3 is 14.0 Å². The third kappa shape index (κ3) is 2.95. The summed E-state index contributed by atoms with van der Waals surface area (Å²) in [4.78, 5) is 5.79. The van der Waals surface area contributed by atoms with Gasteiger partial charge in [0.1, 0.15) is 0 Å². The first-order valence-corrected chi connectivity index (χ1v) is 8.72. The Morgan fingerprint density at radius 3 is 2.67 bits per heavy atom. The third-order valence-corrected chi connectivity index (χ3v) is 5.01. The largest absolute Gasteiger partial charge is 0.454 e. The van der Waals surface area contributed by atoms with E-state index in [0.717, 1.165) is 28.5 Å². The van der Waals surface area contributed by atoms with Crippen LogP contribution in [0, 0.1) is 13.8 Å². The summed E-state index contributed by atoms with van der Waals surface area (Å²) in [6, 6.07) is 14.4. The van der Waals surface area contributed by atoms with Crippen LogP contribution in [0.2, 0.25) is 0 Å². The van der Waals surface area contributed by atoms with Crippen molar-refractivity contribution in [2.75, 3.05) is 6.79 Å². The molecular weight excluding hydrogens is 320 g/mol. The highest BCUT2D eigenvalue weighted by Crippen LogP contribution is 2.32. The molecule has 2 heterocycles. The molecule has 2 aromatic carbocycles. The van der Waals surface area contributed by atoms with Gasteiger partial charge >= 0.3 is 0 Å². The van der Waals surface area contributed by atoms with Crippen molar-refractivity contribution in [1.82, 2.24) is 4.57 Å². The maximum atomic E-state index is 5.47. The van der Waals surface area contributed by atoms with Crippen LogP contribution in [0.1, 0.15) is 16.8 Å². The molecule has 0 fully saturated rings. The van der Waals surface area contributed by atoms with Crippen LogP contribution in [0.3, 0.4) is 0 Å². The molecule has 122 valence electrons. The van der Waals surface area contributed by atoms with Crippen molar-refractivity contribution in [2.24, 2.45) is 4.99 Å². The highest BCUT2D eigenvalue weighted by atomic mass is 32.1. The van der Waals surface area contributed by atoms with Crippen molar-refractivity contribution in [2.45, 2.75) is 20.4 Å². The summed E-state index contributed by atoms with van der Waals surface area (Å²) in [5.74, 6) is 1.63. The number of hydrogen-bond donors (Lipinski definition) is 0. The zero-order valence-electron chi connectivity index (χ0n) is 13.7. The summed E-state index contributed by atoms with van der Waals surface area (Å²) in [6.07, 6.45) is 0. The molecule has 0 atom stereocenters. The molecule has 0 saturated heterocycles. The van der Waals surface area contributed by atoms with E-state index in [-0.39, 0.29) is 0 Å². The first-order chi connectivity index (χ1) is 11.7. The van der Waals surface area contributed by atoms with E-state index in [1.165, 1.54) is 16.8 Å². The highest BCUT2D eigenvalue weighted by molar-refractivity contribution is 7.07. The minimum absolute atomic E-state index is 0.303. The summed E-state index contributed by atoms with van der Waals surface area (Å²) in [5.41, 5.74) is 4.58. The maximum absolute atomic E-state index is 5.47. The van der Waals surface area contributed by atoms with E-state index < -0.39 is 0 Å². The van der Waals surface area contributed by atoms with Gasteiger partial charge in [0.25, 0.3) is 0 Å². The molecule has 1 aromatic heterocycles. The molecule has 5 heteroatoms. The van der Waals surface area contributed by atoms with Crippen molar-refractivity contribution in [3.63, 3.8) is 0 Å². The average Bonchev–Trinajstić information content (AvgIpc) is 3.18. The van der Waals surface area contributed by atoms with Gasteiger partial charge in [0.15, 0.2) is 16.3 Å². The van der Waals surface area contributed by atoms with Crippen molar-refractivity contribution in [3.05, 3.63) is 69.5 Å². The first kappa shape index (κ1) is 15.0. The van der Waals surface area contributed by atoms with Gasteiger partial charge in [-0.15, -0.1) is 11.3 Å². The van der Waals surface area contributed by atoms with Crippen molar-refractivity contribution in [1.29, 1.82) is 0 Å². The van der Waals surface area contributed by atoms with E-state index in [1.54, 1.807) is 11.3 Å². The first-order valence-electron chi connectivity index (χ1n) is 7.84. The number of aromatic nitrogens is 1. The predicted octanol–water partition coefficient (Wildman–Crippen LogP) is 4.18. The van der Waals surface area contributed by atoms with Gasteiger partial charge in [-0.1, -0.05) is 23.8 Å². The fraction of sp³-hybridized carbons (Fsp3) is 0.211. The molecule has 0 saturated carbocycles. The molecule has 0 bridgehead atoms. The Bertz CT molecular complexity index is 939. The van der Waals surface area contributed by atoms with Crippen LogP contribution in [-0.4, -0.2) is 11.4 Å². The van der Waals surface area contributed by atoms with Crippen LogP contribution >= 0.6 is 11.3 Å². The van der Waals surface area contributed by atoms with Gasteiger partial charge in [-0.25, -0.2) is 4.99 Å². The number of fused-ring (bicyclic) bond motifs is 1. The maximum Gasteiger partial charge on any atom is 0.231 e.